The topological polar surface area (TPSA) is 42.3 Å². The summed E-state index contributed by atoms with van der Waals surface area (Å²) in [4.78, 5) is 17.9. The number of para-hydroxylation sites is 1. The maximum Gasteiger partial charge on any atom is 0.234 e. The molecular weight excluding hydrogens is 188 g/mol. The normalized spacial score (nSPS) is 9.87. The Hall–Kier alpha value is -1.99. The molecule has 0 aliphatic carbocycles. The summed E-state index contributed by atoms with van der Waals surface area (Å²) in [5.41, 5.74) is 1.93. The lowest BCUT2D eigenvalue weighted by atomic mass is 10.2. The van der Waals surface area contributed by atoms with Gasteiger partial charge in [-0.25, -0.2) is 9.79 Å². The third-order valence-corrected chi connectivity index (χ3v) is 2.20. The van der Waals surface area contributed by atoms with Crippen LogP contribution in [0.3, 0.4) is 0 Å². The predicted molar refractivity (Wildman–Crippen MR) is 58.4 cm³/mol. The quantitative estimate of drug-likeness (QED) is 0.560. The van der Waals surface area contributed by atoms with Crippen molar-refractivity contribution in [3.05, 3.63) is 42.1 Å². The number of aromatic nitrogens is 1. The molecule has 1 aromatic heterocycles. The fourth-order valence-electron chi connectivity index (χ4n) is 1.46. The number of carbonyl (C=O) groups excluding carboxylic acids is 1. The Labute approximate surface area is 87.5 Å². The van der Waals surface area contributed by atoms with Crippen LogP contribution in [-0.4, -0.2) is 17.6 Å². The van der Waals surface area contributed by atoms with Gasteiger partial charge in [0.1, 0.15) is 0 Å². The van der Waals surface area contributed by atoms with Crippen LogP contribution in [0.25, 0.3) is 10.9 Å². The van der Waals surface area contributed by atoms with Gasteiger partial charge in [0.2, 0.25) is 6.08 Å². The summed E-state index contributed by atoms with van der Waals surface area (Å²) >= 11 is 0. The smallest absolute Gasteiger partial charge is 0.234 e. The second-order valence-electron chi connectivity index (χ2n) is 3.22. The van der Waals surface area contributed by atoms with E-state index in [-0.39, 0.29) is 0 Å². The molecule has 74 valence electrons. The average molecular weight is 198 g/mol. The van der Waals surface area contributed by atoms with Crippen molar-refractivity contribution in [2.45, 2.75) is 6.42 Å². The molecular formula is C12H10N2O. The lowest BCUT2D eigenvalue weighted by molar-refractivity contribution is 0.563. The Balaban J connectivity index is 2.26. The number of rotatable bonds is 3. The highest BCUT2D eigenvalue weighted by atomic mass is 16.1. The van der Waals surface area contributed by atoms with Crippen molar-refractivity contribution in [1.29, 1.82) is 0 Å². The van der Waals surface area contributed by atoms with Gasteiger partial charge in [0.05, 0.1) is 12.1 Å². The molecule has 0 saturated heterocycles. The monoisotopic (exact) mass is 198 g/mol. The lowest BCUT2D eigenvalue weighted by Gasteiger charge is -2.00. The SMILES string of the molecule is O=C=NCCc1ccc2ccccc2n1. The Morgan fingerprint density at radius 1 is 1.20 bits per heavy atom. The predicted octanol–water partition coefficient (Wildman–Crippen LogP) is 2.11. The standard InChI is InChI=1S/C12H10N2O/c15-9-13-8-7-11-6-5-10-3-1-2-4-12(10)14-11/h1-6H,7-8H2. The first kappa shape index (κ1) is 9.56. The molecule has 0 aliphatic heterocycles. The van der Waals surface area contributed by atoms with E-state index < -0.39 is 0 Å². The van der Waals surface area contributed by atoms with Crippen molar-refractivity contribution in [2.24, 2.45) is 4.99 Å². The van der Waals surface area contributed by atoms with E-state index in [0.717, 1.165) is 16.6 Å². The number of aliphatic imine (C=N–C) groups is 1. The van der Waals surface area contributed by atoms with Gasteiger partial charge in [-0.2, -0.15) is 0 Å². The van der Waals surface area contributed by atoms with Crippen molar-refractivity contribution in [3.63, 3.8) is 0 Å². The Bertz CT molecular complexity index is 516. The molecule has 2 rings (SSSR count). The lowest BCUT2D eigenvalue weighted by Crippen LogP contribution is -1.93. The van der Waals surface area contributed by atoms with Crippen LogP contribution in [0, 0.1) is 0 Å². The van der Waals surface area contributed by atoms with Crippen molar-refractivity contribution >= 4 is 17.0 Å². The minimum Gasteiger partial charge on any atom is -0.253 e. The molecule has 1 heterocycles. The first-order valence-electron chi connectivity index (χ1n) is 4.78. The van der Waals surface area contributed by atoms with E-state index in [1.807, 2.05) is 36.4 Å². The van der Waals surface area contributed by atoms with Crippen LogP contribution in [0.5, 0.6) is 0 Å². The van der Waals surface area contributed by atoms with Crippen molar-refractivity contribution in [2.75, 3.05) is 6.54 Å². The van der Waals surface area contributed by atoms with Crippen LogP contribution >= 0.6 is 0 Å². The van der Waals surface area contributed by atoms with Gasteiger partial charge in [-0.15, -0.1) is 0 Å². The molecule has 3 heteroatoms. The van der Waals surface area contributed by atoms with E-state index >= 15 is 0 Å². The second kappa shape index (κ2) is 4.49. The van der Waals surface area contributed by atoms with E-state index in [0.29, 0.717) is 13.0 Å². The zero-order valence-electron chi connectivity index (χ0n) is 8.18. The van der Waals surface area contributed by atoms with E-state index in [1.165, 1.54) is 6.08 Å². The highest BCUT2D eigenvalue weighted by Gasteiger charge is 1.96. The molecule has 0 N–H and O–H groups in total. The van der Waals surface area contributed by atoms with E-state index in [9.17, 15) is 4.79 Å². The van der Waals surface area contributed by atoms with Crippen LogP contribution in [0.4, 0.5) is 0 Å². The molecule has 0 bridgehead atoms. The number of isocyanates is 1. The summed E-state index contributed by atoms with van der Waals surface area (Å²) < 4.78 is 0. The van der Waals surface area contributed by atoms with Crippen LogP contribution in [0.1, 0.15) is 5.69 Å². The zero-order chi connectivity index (χ0) is 10.5. The van der Waals surface area contributed by atoms with Gasteiger partial charge in [-0.3, -0.25) is 4.98 Å². The molecule has 0 fully saturated rings. The van der Waals surface area contributed by atoms with Gasteiger partial charge in [0.25, 0.3) is 0 Å². The molecule has 1 aromatic carbocycles. The summed E-state index contributed by atoms with van der Waals surface area (Å²) in [6, 6.07) is 11.9. The van der Waals surface area contributed by atoms with Crippen LogP contribution < -0.4 is 0 Å². The third kappa shape index (κ3) is 2.27. The fraction of sp³-hybridized carbons (Fsp3) is 0.167. The summed E-state index contributed by atoms with van der Waals surface area (Å²) in [6.45, 7) is 0.453. The number of hydrogen-bond acceptors (Lipinski definition) is 3. The van der Waals surface area contributed by atoms with Crippen molar-refractivity contribution < 1.29 is 4.79 Å². The Morgan fingerprint density at radius 3 is 2.93 bits per heavy atom. The Morgan fingerprint density at radius 2 is 2.07 bits per heavy atom. The van der Waals surface area contributed by atoms with E-state index in [4.69, 9.17) is 0 Å². The molecule has 0 spiro atoms. The molecule has 0 saturated carbocycles. The molecule has 3 nitrogen and oxygen atoms in total. The Kier molecular flexibility index (Phi) is 2.86. The molecule has 0 unspecified atom stereocenters. The summed E-state index contributed by atoms with van der Waals surface area (Å²) in [7, 11) is 0. The van der Waals surface area contributed by atoms with Crippen molar-refractivity contribution in [1.82, 2.24) is 4.98 Å². The molecule has 0 amide bonds. The van der Waals surface area contributed by atoms with Gasteiger partial charge >= 0.3 is 0 Å². The fourth-order valence-corrected chi connectivity index (χ4v) is 1.46. The zero-order valence-corrected chi connectivity index (χ0v) is 8.18. The molecule has 2 aromatic rings. The maximum absolute atomic E-state index is 9.90. The van der Waals surface area contributed by atoms with Crippen LogP contribution in [-0.2, 0) is 11.2 Å². The first-order valence-corrected chi connectivity index (χ1v) is 4.78. The average Bonchev–Trinajstić information content (AvgIpc) is 2.29. The van der Waals surface area contributed by atoms with E-state index in [2.05, 4.69) is 9.98 Å². The third-order valence-electron chi connectivity index (χ3n) is 2.20. The highest BCUT2D eigenvalue weighted by Crippen LogP contribution is 2.11. The number of nitrogens with zero attached hydrogens (tertiary/aromatic N) is 2. The second-order valence-corrected chi connectivity index (χ2v) is 3.22. The molecule has 15 heavy (non-hydrogen) atoms. The first-order chi connectivity index (χ1) is 7.40. The number of pyridine rings is 1. The van der Waals surface area contributed by atoms with Gasteiger partial charge in [0, 0.05) is 17.5 Å². The molecule has 0 aliphatic rings. The number of benzene rings is 1. The number of hydrogen-bond donors (Lipinski definition) is 0. The largest absolute Gasteiger partial charge is 0.253 e. The molecule has 0 atom stereocenters. The van der Waals surface area contributed by atoms with Gasteiger partial charge in [0.15, 0.2) is 0 Å². The number of fused-ring (bicyclic) bond motifs is 1. The van der Waals surface area contributed by atoms with E-state index in [1.54, 1.807) is 0 Å². The molecule has 0 radical (unpaired) electrons. The summed E-state index contributed by atoms with van der Waals surface area (Å²) in [5.74, 6) is 0. The highest BCUT2D eigenvalue weighted by molar-refractivity contribution is 5.78. The van der Waals surface area contributed by atoms with Crippen molar-refractivity contribution in [3.8, 4) is 0 Å². The minimum atomic E-state index is 0.453. The van der Waals surface area contributed by atoms with Crippen LogP contribution in [0.2, 0.25) is 0 Å². The maximum atomic E-state index is 9.90. The summed E-state index contributed by atoms with van der Waals surface area (Å²) in [6.07, 6.45) is 2.20. The summed E-state index contributed by atoms with van der Waals surface area (Å²) in [5, 5.41) is 1.13. The van der Waals surface area contributed by atoms with Gasteiger partial charge in [-0.05, 0) is 12.1 Å². The van der Waals surface area contributed by atoms with Crippen LogP contribution in [0.15, 0.2) is 41.4 Å². The van der Waals surface area contributed by atoms with Gasteiger partial charge < -0.3 is 0 Å². The minimum absolute atomic E-state index is 0.453. The van der Waals surface area contributed by atoms with Gasteiger partial charge in [-0.1, -0.05) is 24.3 Å².